The van der Waals surface area contributed by atoms with Gasteiger partial charge in [0.1, 0.15) is 5.75 Å². The fourth-order valence-corrected chi connectivity index (χ4v) is 3.39. The Hall–Kier alpha value is -3.03. The number of ether oxygens (including phenoxy) is 1. The fourth-order valence-electron chi connectivity index (χ4n) is 3.09. The molecule has 3 rings (SSSR count). The molecule has 7 nitrogen and oxygen atoms in total. The Morgan fingerprint density at radius 1 is 1.16 bits per heavy atom. The van der Waals surface area contributed by atoms with Crippen LogP contribution in [0.1, 0.15) is 6.42 Å². The number of hydrogen-bond donors (Lipinski definition) is 2. The van der Waals surface area contributed by atoms with Gasteiger partial charge in [-0.3, -0.25) is 14.4 Å². The largest absolute Gasteiger partial charge is 0.484 e. The van der Waals surface area contributed by atoms with Crippen molar-refractivity contribution in [2.75, 3.05) is 29.9 Å². The Kier molecular flexibility index (Phi) is 7.55. The molecule has 0 radical (unpaired) electrons. The van der Waals surface area contributed by atoms with Gasteiger partial charge < -0.3 is 20.3 Å². The van der Waals surface area contributed by atoms with Gasteiger partial charge in [-0.15, -0.1) is 6.58 Å². The van der Waals surface area contributed by atoms with E-state index in [9.17, 15) is 14.4 Å². The van der Waals surface area contributed by atoms with Crippen molar-refractivity contribution in [1.29, 1.82) is 0 Å². The highest BCUT2D eigenvalue weighted by atomic mass is 35.5. The average molecular weight is 462 g/mol. The molecule has 1 aliphatic heterocycles. The van der Waals surface area contributed by atoms with E-state index < -0.39 is 5.92 Å². The first-order chi connectivity index (χ1) is 14.9. The zero-order valence-corrected chi connectivity index (χ0v) is 18.1. The molecule has 0 spiro atoms. The first kappa shape index (κ1) is 22.7. The molecule has 0 aromatic heterocycles. The summed E-state index contributed by atoms with van der Waals surface area (Å²) in [6.45, 7) is 4.04. The maximum Gasteiger partial charge on any atom is 0.262 e. The number of benzene rings is 2. The molecule has 31 heavy (non-hydrogen) atoms. The Morgan fingerprint density at radius 3 is 2.58 bits per heavy atom. The van der Waals surface area contributed by atoms with Gasteiger partial charge in [0.25, 0.3) is 5.91 Å². The van der Waals surface area contributed by atoms with Crippen LogP contribution in [0.3, 0.4) is 0 Å². The Balaban J connectivity index is 1.52. The van der Waals surface area contributed by atoms with Crippen LogP contribution >= 0.6 is 23.2 Å². The van der Waals surface area contributed by atoms with Crippen molar-refractivity contribution in [1.82, 2.24) is 5.32 Å². The molecule has 2 aromatic rings. The Labute approximate surface area is 190 Å². The molecule has 0 bridgehead atoms. The number of halogens is 2. The van der Waals surface area contributed by atoms with Crippen LogP contribution in [0.4, 0.5) is 11.4 Å². The molecule has 1 fully saturated rings. The molecule has 0 saturated carbocycles. The number of rotatable bonds is 8. The van der Waals surface area contributed by atoms with Crippen molar-refractivity contribution in [3.05, 3.63) is 65.2 Å². The van der Waals surface area contributed by atoms with Gasteiger partial charge in [0.2, 0.25) is 11.8 Å². The molecule has 0 aliphatic carbocycles. The lowest BCUT2D eigenvalue weighted by Gasteiger charge is -2.17. The number of amides is 3. The van der Waals surface area contributed by atoms with E-state index in [1.165, 1.54) is 0 Å². The van der Waals surface area contributed by atoms with Crippen LogP contribution in [0.25, 0.3) is 0 Å². The summed E-state index contributed by atoms with van der Waals surface area (Å²) >= 11 is 11.8. The van der Waals surface area contributed by atoms with E-state index in [-0.39, 0.29) is 30.7 Å². The maximum absolute atomic E-state index is 12.3. The number of nitrogens with zero attached hydrogens (tertiary/aromatic N) is 1. The highest BCUT2D eigenvalue weighted by Gasteiger charge is 2.34. The van der Waals surface area contributed by atoms with E-state index in [0.717, 1.165) is 0 Å². The second kappa shape index (κ2) is 10.3. The summed E-state index contributed by atoms with van der Waals surface area (Å²) in [4.78, 5) is 38.0. The topological polar surface area (TPSA) is 87.7 Å². The van der Waals surface area contributed by atoms with Crippen molar-refractivity contribution in [3.63, 3.8) is 0 Å². The zero-order valence-electron chi connectivity index (χ0n) is 16.6. The quantitative estimate of drug-likeness (QED) is 0.587. The van der Waals surface area contributed by atoms with Crippen molar-refractivity contribution in [2.45, 2.75) is 6.42 Å². The minimum absolute atomic E-state index is 0.117. The van der Waals surface area contributed by atoms with Gasteiger partial charge >= 0.3 is 0 Å². The third kappa shape index (κ3) is 5.99. The Bertz CT molecular complexity index is 995. The predicted octanol–water partition coefficient (Wildman–Crippen LogP) is 3.67. The van der Waals surface area contributed by atoms with Crippen LogP contribution in [0, 0.1) is 5.92 Å². The van der Waals surface area contributed by atoms with Crippen molar-refractivity contribution < 1.29 is 19.1 Å². The van der Waals surface area contributed by atoms with Gasteiger partial charge in [-0.1, -0.05) is 29.3 Å². The van der Waals surface area contributed by atoms with Gasteiger partial charge in [0, 0.05) is 30.9 Å². The van der Waals surface area contributed by atoms with E-state index in [1.807, 2.05) is 0 Å². The summed E-state index contributed by atoms with van der Waals surface area (Å²) < 4.78 is 5.49. The molecule has 3 amide bonds. The average Bonchev–Trinajstić information content (AvgIpc) is 3.15. The highest BCUT2D eigenvalue weighted by molar-refractivity contribution is 6.42. The molecule has 2 N–H and O–H groups in total. The minimum Gasteiger partial charge on any atom is -0.484 e. The molecular formula is C22H21Cl2N3O4. The second-order valence-corrected chi connectivity index (χ2v) is 7.71. The third-order valence-electron chi connectivity index (χ3n) is 4.64. The van der Waals surface area contributed by atoms with Gasteiger partial charge in [-0.05, 0) is 42.5 Å². The molecule has 1 aliphatic rings. The monoisotopic (exact) mass is 461 g/mol. The zero-order chi connectivity index (χ0) is 22.4. The van der Waals surface area contributed by atoms with E-state index in [0.29, 0.717) is 40.3 Å². The first-order valence-electron chi connectivity index (χ1n) is 9.54. The summed E-state index contributed by atoms with van der Waals surface area (Å²) in [5.74, 6) is -0.559. The minimum atomic E-state index is -0.395. The van der Waals surface area contributed by atoms with Gasteiger partial charge in [0.15, 0.2) is 6.61 Å². The SMILES string of the molecule is C=CCNC(=O)[C@H]1CC(=O)N(c2ccc(OCC(=O)Nc3ccc(Cl)c(Cl)c3)cc2)C1. The van der Waals surface area contributed by atoms with Crippen LogP contribution in [0.15, 0.2) is 55.1 Å². The maximum atomic E-state index is 12.3. The molecule has 1 saturated heterocycles. The highest BCUT2D eigenvalue weighted by Crippen LogP contribution is 2.27. The second-order valence-electron chi connectivity index (χ2n) is 6.90. The summed E-state index contributed by atoms with van der Waals surface area (Å²) in [6.07, 6.45) is 1.76. The summed E-state index contributed by atoms with van der Waals surface area (Å²) in [6, 6.07) is 11.5. The number of carbonyl (C=O) groups is 3. The van der Waals surface area contributed by atoms with Crippen LogP contribution in [-0.2, 0) is 14.4 Å². The standard InChI is InChI=1S/C22H21Cl2N3O4/c1-2-9-25-22(30)14-10-21(29)27(12-14)16-4-6-17(7-5-16)31-13-20(28)26-15-3-8-18(23)19(24)11-15/h2-8,11,14H,1,9-10,12-13H2,(H,25,30)(H,26,28)/t14-/m0/s1. The van der Waals surface area contributed by atoms with Gasteiger partial charge in [-0.25, -0.2) is 0 Å². The first-order valence-corrected chi connectivity index (χ1v) is 10.3. The molecule has 1 heterocycles. The Morgan fingerprint density at radius 2 is 1.90 bits per heavy atom. The van der Waals surface area contributed by atoms with Crippen LogP contribution in [-0.4, -0.2) is 37.4 Å². The molecule has 1 atom stereocenters. The van der Waals surface area contributed by atoms with Crippen molar-refractivity contribution in [2.24, 2.45) is 5.92 Å². The van der Waals surface area contributed by atoms with E-state index in [4.69, 9.17) is 27.9 Å². The van der Waals surface area contributed by atoms with Crippen LogP contribution in [0.2, 0.25) is 10.0 Å². The number of nitrogens with one attached hydrogen (secondary N) is 2. The number of carbonyl (C=O) groups excluding carboxylic acids is 3. The van der Waals surface area contributed by atoms with Crippen molar-refractivity contribution >= 4 is 52.3 Å². The third-order valence-corrected chi connectivity index (χ3v) is 5.38. The van der Waals surface area contributed by atoms with Gasteiger partial charge in [-0.2, -0.15) is 0 Å². The smallest absolute Gasteiger partial charge is 0.262 e. The number of hydrogen-bond acceptors (Lipinski definition) is 4. The van der Waals surface area contributed by atoms with Crippen LogP contribution in [0.5, 0.6) is 5.75 Å². The predicted molar refractivity (Wildman–Crippen MR) is 121 cm³/mol. The normalized spacial score (nSPS) is 15.5. The summed E-state index contributed by atoms with van der Waals surface area (Å²) in [5.41, 5.74) is 1.18. The van der Waals surface area contributed by atoms with Crippen molar-refractivity contribution in [3.8, 4) is 5.75 Å². The molecule has 162 valence electrons. The lowest BCUT2D eigenvalue weighted by molar-refractivity contribution is -0.126. The van der Waals surface area contributed by atoms with E-state index in [1.54, 1.807) is 53.4 Å². The molecule has 2 aromatic carbocycles. The van der Waals surface area contributed by atoms with Crippen LogP contribution < -0.4 is 20.3 Å². The van der Waals surface area contributed by atoms with E-state index >= 15 is 0 Å². The molecular weight excluding hydrogens is 441 g/mol. The summed E-state index contributed by atoms with van der Waals surface area (Å²) in [7, 11) is 0. The lowest BCUT2D eigenvalue weighted by Crippen LogP contribution is -2.32. The molecule has 9 heteroatoms. The van der Waals surface area contributed by atoms with Gasteiger partial charge in [0.05, 0.1) is 16.0 Å². The van der Waals surface area contributed by atoms with E-state index in [2.05, 4.69) is 17.2 Å². The fraction of sp³-hybridized carbons (Fsp3) is 0.227. The number of anilines is 2. The molecule has 0 unspecified atom stereocenters. The summed E-state index contributed by atoms with van der Waals surface area (Å²) in [5, 5.41) is 6.13. The lowest BCUT2D eigenvalue weighted by atomic mass is 10.1.